The Hall–Kier alpha value is -1.66. The molecule has 1 amide bonds. The van der Waals surface area contributed by atoms with Gasteiger partial charge in [0.1, 0.15) is 5.69 Å². The van der Waals surface area contributed by atoms with Crippen molar-refractivity contribution < 1.29 is 4.79 Å². The number of nitrogens with zero attached hydrogens (tertiary/aromatic N) is 3. The summed E-state index contributed by atoms with van der Waals surface area (Å²) in [5.41, 5.74) is 1.76. The Morgan fingerprint density at radius 2 is 2.22 bits per heavy atom. The standard InChI is InChI=1S/C17H21BrN4O/c1-21-10-8-16(20-21)17(23)19-14-6-4-9-22(12-14)11-13-5-2-3-7-15(13)18/h2-3,5,7-8,10,14H,4,6,9,11-12H2,1H3,(H,19,23). The number of benzene rings is 1. The Morgan fingerprint density at radius 3 is 2.96 bits per heavy atom. The largest absolute Gasteiger partial charge is 0.347 e. The van der Waals surface area contributed by atoms with Crippen LogP contribution in [0.2, 0.25) is 0 Å². The summed E-state index contributed by atoms with van der Waals surface area (Å²) in [4.78, 5) is 14.6. The molecule has 1 atom stereocenters. The molecule has 3 rings (SSSR count). The number of halogens is 1. The van der Waals surface area contributed by atoms with E-state index >= 15 is 0 Å². The van der Waals surface area contributed by atoms with Gasteiger partial charge in [-0.15, -0.1) is 0 Å². The molecule has 1 aliphatic rings. The lowest BCUT2D eigenvalue weighted by Crippen LogP contribution is -2.47. The number of hydrogen-bond donors (Lipinski definition) is 1. The highest BCUT2D eigenvalue weighted by Crippen LogP contribution is 2.20. The molecule has 1 aliphatic heterocycles. The van der Waals surface area contributed by atoms with Crippen LogP contribution in [0.15, 0.2) is 41.0 Å². The summed E-state index contributed by atoms with van der Waals surface area (Å²) in [6.45, 7) is 2.84. The molecular formula is C17H21BrN4O. The lowest BCUT2D eigenvalue weighted by Gasteiger charge is -2.33. The molecule has 0 aliphatic carbocycles. The zero-order valence-corrected chi connectivity index (χ0v) is 14.8. The predicted octanol–water partition coefficient (Wildman–Crippen LogP) is 2.58. The molecule has 0 saturated carbocycles. The van der Waals surface area contributed by atoms with Crippen molar-refractivity contribution in [2.24, 2.45) is 7.05 Å². The summed E-state index contributed by atoms with van der Waals surface area (Å²) in [6.07, 6.45) is 3.90. The van der Waals surface area contributed by atoms with Crippen LogP contribution in [0.3, 0.4) is 0 Å². The molecule has 1 fully saturated rings. The van der Waals surface area contributed by atoms with Crippen LogP contribution in [0.4, 0.5) is 0 Å². The van der Waals surface area contributed by atoms with Crippen LogP contribution in [-0.4, -0.2) is 39.7 Å². The van der Waals surface area contributed by atoms with Gasteiger partial charge in [0, 0.05) is 36.8 Å². The first-order valence-corrected chi connectivity index (χ1v) is 8.67. The van der Waals surface area contributed by atoms with Gasteiger partial charge in [-0.05, 0) is 37.1 Å². The van der Waals surface area contributed by atoms with Gasteiger partial charge >= 0.3 is 0 Å². The summed E-state index contributed by atoms with van der Waals surface area (Å²) in [5, 5.41) is 7.27. The molecule has 1 aromatic carbocycles. The summed E-state index contributed by atoms with van der Waals surface area (Å²) in [7, 11) is 1.82. The molecule has 122 valence electrons. The Balaban J connectivity index is 1.58. The minimum Gasteiger partial charge on any atom is -0.347 e. The van der Waals surface area contributed by atoms with Crippen molar-refractivity contribution in [2.75, 3.05) is 13.1 Å². The maximum absolute atomic E-state index is 12.2. The SMILES string of the molecule is Cn1ccc(C(=O)NC2CCCN(Cc3ccccc3Br)C2)n1. The van der Waals surface area contributed by atoms with E-state index in [4.69, 9.17) is 0 Å². The Bertz CT molecular complexity index is 685. The van der Waals surface area contributed by atoms with Gasteiger partial charge in [-0.25, -0.2) is 0 Å². The second-order valence-corrected chi connectivity index (χ2v) is 6.87. The molecule has 2 heterocycles. The second-order valence-electron chi connectivity index (χ2n) is 6.01. The molecule has 1 unspecified atom stereocenters. The number of aryl methyl sites for hydroxylation is 1. The molecule has 1 saturated heterocycles. The second kappa shape index (κ2) is 7.27. The quantitative estimate of drug-likeness (QED) is 0.891. The number of likely N-dealkylation sites (tertiary alicyclic amines) is 1. The van der Waals surface area contributed by atoms with E-state index in [0.29, 0.717) is 5.69 Å². The lowest BCUT2D eigenvalue weighted by atomic mass is 10.0. The zero-order chi connectivity index (χ0) is 16.2. The first-order chi connectivity index (χ1) is 11.1. The van der Waals surface area contributed by atoms with Crippen molar-refractivity contribution in [1.29, 1.82) is 0 Å². The third-order valence-electron chi connectivity index (χ3n) is 4.14. The first-order valence-electron chi connectivity index (χ1n) is 7.88. The smallest absolute Gasteiger partial charge is 0.272 e. The molecule has 0 bridgehead atoms. The molecule has 5 nitrogen and oxygen atoms in total. The van der Waals surface area contributed by atoms with Crippen LogP contribution in [0.5, 0.6) is 0 Å². The van der Waals surface area contributed by atoms with Crippen LogP contribution >= 0.6 is 15.9 Å². The third kappa shape index (κ3) is 4.20. The minimum atomic E-state index is -0.0849. The lowest BCUT2D eigenvalue weighted by molar-refractivity contribution is 0.0895. The van der Waals surface area contributed by atoms with Crippen LogP contribution in [0.25, 0.3) is 0 Å². The summed E-state index contributed by atoms with van der Waals surface area (Å²) >= 11 is 3.60. The minimum absolute atomic E-state index is 0.0849. The highest BCUT2D eigenvalue weighted by Gasteiger charge is 2.23. The summed E-state index contributed by atoms with van der Waals surface area (Å²) in [5.74, 6) is -0.0849. The van der Waals surface area contributed by atoms with Crippen LogP contribution in [0, 0.1) is 0 Å². The number of carbonyl (C=O) groups is 1. The Labute approximate surface area is 144 Å². The number of amides is 1. The van der Waals surface area contributed by atoms with Gasteiger partial charge in [0.25, 0.3) is 5.91 Å². The van der Waals surface area contributed by atoms with E-state index in [-0.39, 0.29) is 11.9 Å². The van der Waals surface area contributed by atoms with Gasteiger partial charge in [-0.2, -0.15) is 5.10 Å². The number of aromatic nitrogens is 2. The molecule has 1 N–H and O–H groups in total. The van der Waals surface area contributed by atoms with E-state index in [9.17, 15) is 4.79 Å². The van der Waals surface area contributed by atoms with Gasteiger partial charge in [-0.1, -0.05) is 34.1 Å². The van der Waals surface area contributed by atoms with Crippen molar-refractivity contribution in [3.63, 3.8) is 0 Å². The van der Waals surface area contributed by atoms with Gasteiger partial charge in [0.05, 0.1) is 0 Å². The van der Waals surface area contributed by atoms with Crippen molar-refractivity contribution in [1.82, 2.24) is 20.0 Å². The fraction of sp³-hybridized carbons (Fsp3) is 0.412. The number of carbonyl (C=O) groups excluding carboxylic acids is 1. The fourth-order valence-electron chi connectivity index (χ4n) is 2.98. The van der Waals surface area contributed by atoms with Gasteiger partial charge in [0.15, 0.2) is 0 Å². The molecule has 0 radical (unpaired) electrons. The van der Waals surface area contributed by atoms with Crippen molar-refractivity contribution in [3.8, 4) is 0 Å². The summed E-state index contributed by atoms with van der Waals surface area (Å²) < 4.78 is 2.79. The summed E-state index contributed by atoms with van der Waals surface area (Å²) in [6, 6.07) is 10.2. The molecular weight excluding hydrogens is 356 g/mol. The van der Waals surface area contributed by atoms with Gasteiger partial charge < -0.3 is 5.32 Å². The molecule has 23 heavy (non-hydrogen) atoms. The normalized spacial score (nSPS) is 18.8. The van der Waals surface area contributed by atoms with E-state index in [1.54, 1.807) is 16.9 Å². The Morgan fingerprint density at radius 1 is 1.39 bits per heavy atom. The number of piperidine rings is 1. The average Bonchev–Trinajstić information content (AvgIpc) is 2.97. The maximum Gasteiger partial charge on any atom is 0.272 e. The predicted molar refractivity (Wildman–Crippen MR) is 93.1 cm³/mol. The van der Waals surface area contributed by atoms with Crippen LogP contribution < -0.4 is 5.32 Å². The number of hydrogen-bond acceptors (Lipinski definition) is 3. The molecule has 1 aromatic heterocycles. The van der Waals surface area contributed by atoms with Crippen LogP contribution in [-0.2, 0) is 13.6 Å². The maximum atomic E-state index is 12.2. The van der Waals surface area contributed by atoms with Crippen LogP contribution in [0.1, 0.15) is 28.9 Å². The average molecular weight is 377 g/mol. The van der Waals surface area contributed by atoms with Gasteiger partial charge in [0.2, 0.25) is 0 Å². The Kier molecular flexibility index (Phi) is 5.13. The number of rotatable bonds is 4. The monoisotopic (exact) mass is 376 g/mol. The highest BCUT2D eigenvalue weighted by molar-refractivity contribution is 9.10. The van der Waals surface area contributed by atoms with E-state index in [1.807, 2.05) is 13.1 Å². The van der Waals surface area contributed by atoms with E-state index < -0.39 is 0 Å². The number of nitrogens with one attached hydrogen (secondary N) is 1. The first kappa shape index (κ1) is 16.2. The molecule has 6 heteroatoms. The zero-order valence-electron chi connectivity index (χ0n) is 13.2. The van der Waals surface area contributed by atoms with Crippen molar-refractivity contribution in [2.45, 2.75) is 25.4 Å². The van der Waals surface area contributed by atoms with E-state index in [0.717, 1.165) is 36.9 Å². The highest BCUT2D eigenvalue weighted by atomic mass is 79.9. The van der Waals surface area contributed by atoms with Gasteiger partial charge in [-0.3, -0.25) is 14.4 Å². The molecule has 2 aromatic rings. The van der Waals surface area contributed by atoms with E-state index in [1.165, 1.54) is 5.56 Å². The van der Waals surface area contributed by atoms with Crippen molar-refractivity contribution >= 4 is 21.8 Å². The fourth-order valence-corrected chi connectivity index (χ4v) is 3.39. The third-order valence-corrected chi connectivity index (χ3v) is 4.91. The van der Waals surface area contributed by atoms with Crippen molar-refractivity contribution in [3.05, 3.63) is 52.3 Å². The molecule has 0 spiro atoms. The topological polar surface area (TPSA) is 50.2 Å². The van der Waals surface area contributed by atoms with E-state index in [2.05, 4.69) is 49.4 Å².